The van der Waals surface area contributed by atoms with Crippen molar-refractivity contribution >= 4 is 23.0 Å². The number of aromatic nitrogens is 2. The van der Waals surface area contributed by atoms with E-state index in [1.165, 1.54) is 30.6 Å². The second-order valence-electron chi connectivity index (χ2n) is 7.60. The van der Waals surface area contributed by atoms with Crippen LogP contribution in [0, 0.1) is 5.41 Å². The first kappa shape index (κ1) is 23.3. The fourth-order valence-corrected chi connectivity index (χ4v) is 3.51. The maximum atomic E-state index is 12.5. The van der Waals surface area contributed by atoms with Crippen LogP contribution in [0.5, 0.6) is 11.5 Å². The molecule has 0 amide bonds. The lowest BCUT2D eigenvalue weighted by Gasteiger charge is -2.25. The van der Waals surface area contributed by atoms with Gasteiger partial charge in [0.15, 0.2) is 0 Å². The molecule has 178 valence electrons. The quantitative estimate of drug-likeness (QED) is 0.287. The van der Waals surface area contributed by atoms with Crippen molar-refractivity contribution in [1.82, 2.24) is 9.97 Å². The van der Waals surface area contributed by atoms with Gasteiger partial charge in [-0.1, -0.05) is 0 Å². The predicted octanol–water partition coefficient (Wildman–Crippen LogP) is 4.83. The monoisotopic (exact) mass is 473 g/mol. The average molecular weight is 473 g/mol. The van der Waals surface area contributed by atoms with Gasteiger partial charge in [-0.25, -0.2) is 9.97 Å². The molecule has 3 aromatic rings. The number of nitrogens with one attached hydrogen (secondary N) is 3. The Labute approximate surface area is 193 Å². The highest BCUT2D eigenvalue weighted by molar-refractivity contribution is 6.16. The molecule has 0 radical (unpaired) electrons. The highest BCUT2D eigenvalue weighted by Crippen LogP contribution is 2.30. The van der Waals surface area contributed by atoms with Crippen LogP contribution in [-0.2, 0) is 4.74 Å². The van der Waals surface area contributed by atoms with Crippen LogP contribution in [0.1, 0.15) is 24.0 Å². The molecule has 1 aliphatic rings. The molecule has 1 saturated heterocycles. The molecule has 34 heavy (non-hydrogen) atoms. The van der Waals surface area contributed by atoms with E-state index in [2.05, 4.69) is 25.3 Å². The number of hydrogen-bond acceptors (Lipinski definition) is 8. The molecular weight excluding hydrogens is 451 g/mol. The van der Waals surface area contributed by atoms with Crippen molar-refractivity contribution in [3.63, 3.8) is 0 Å². The summed E-state index contributed by atoms with van der Waals surface area (Å²) < 4.78 is 46.8. The zero-order valence-corrected chi connectivity index (χ0v) is 17.9. The van der Waals surface area contributed by atoms with Gasteiger partial charge in [-0.3, -0.25) is 5.41 Å². The van der Waals surface area contributed by atoms with Gasteiger partial charge in [-0.15, -0.1) is 13.2 Å². The number of ether oxygens (including phenoxy) is 2. The van der Waals surface area contributed by atoms with Gasteiger partial charge in [0.1, 0.15) is 29.5 Å². The summed E-state index contributed by atoms with van der Waals surface area (Å²) in [6.07, 6.45) is -1.91. The molecule has 0 spiro atoms. The molecule has 4 rings (SSSR count). The van der Waals surface area contributed by atoms with Crippen LogP contribution in [0.2, 0.25) is 0 Å². The van der Waals surface area contributed by atoms with Gasteiger partial charge in [0, 0.05) is 30.5 Å². The van der Waals surface area contributed by atoms with Crippen molar-refractivity contribution in [1.29, 1.82) is 5.41 Å². The van der Waals surface area contributed by atoms with E-state index in [-0.39, 0.29) is 23.3 Å². The topological polar surface area (TPSA) is 112 Å². The van der Waals surface area contributed by atoms with Crippen LogP contribution >= 0.6 is 0 Å². The standard InChI is InChI=1S/C23H22F3N5O3/c24-23(25,26)34-18-7-1-14(2-8-18)20(27)19-21(30-15-3-5-17(32)6-4-15)28-13-29-22(19)31-16-9-11-33-12-10-16/h1-8,13,16,27,32H,9-12H2,(H2,28,29,30,31). The molecule has 8 nitrogen and oxygen atoms in total. The minimum atomic E-state index is -4.80. The minimum absolute atomic E-state index is 0.00926. The molecule has 1 aliphatic heterocycles. The van der Waals surface area contributed by atoms with E-state index in [0.717, 1.165) is 25.0 Å². The summed E-state index contributed by atoms with van der Waals surface area (Å²) in [5, 5.41) is 24.9. The molecule has 1 fully saturated rings. The lowest BCUT2D eigenvalue weighted by Crippen LogP contribution is -2.29. The number of aromatic hydroxyl groups is 1. The number of rotatable bonds is 7. The van der Waals surface area contributed by atoms with Gasteiger partial charge in [-0.2, -0.15) is 0 Å². The Bertz CT molecular complexity index is 1130. The fourth-order valence-electron chi connectivity index (χ4n) is 3.51. The Morgan fingerprint density at radius 2 is 1.65 bits per heavy atom. The summed E-state index contributed by atoms with van der Waals surface area (Å²) in [7, 11) is 0. The summed E-state index contributed by atoms with van der Waals surface area (Å²) in [4.78, 5) is 8.64. The summed E-state index contributed by atoms with van der Waals surface area (Å²) in [6.45, 7) is 1.21. The average Bonchev–Trinajstić information content (AvgIpc) is 2.80. The zero-order chi connectivity index (χ0) is 24.1. The van der Waals surface area contributed by atoms with E-state index in [1.54, 1.807) is 12.1 Å². The summed E-state index contributed by atoms with van der Waals surface area (Å²) in [5.74, 6) is 0.472. The van der Waals surface area contributed by atoms with Crippen molar-refractivity contribution in [3.05, 3.63) is 66.0 Å². The van der Waals surface area contributed by atoms with Crippen LogP contribution in [0.4, 0.5) is 30.5 Å². The van der Waals surface area contributed by atoms with Crippen LogP contribution in [0.25, 0.3) is 0 Å². The van der Waals surface area contributed by atoms with Gasteiger partial charge in [0.05, 0.1) is 11.3 Å². The lowest BCUT2D eigenvalue weighted by atomic mass is 10.0. The molecule has 0 saturated carbocycles. The first-order valence-corrected chi connectivity index (χ1v) is 10.5. The van der Waals surface area contributed by atoms with E-state index < -0.39 is 6.36 Å². The Morgan fingerprint density at radius 3 is 2.29 bits per heavy atom. The van der Waals surface area contributed by atoms with Crippen molar-refractivity contribution in [3.8, 4) is 11.5 Å². The van der Waals surface area contributed by atoms with Crippen LogP contribution in [0.15, 0.2) is 54.9 Å². The molecule has 0 aliphatic carbocycles. The summed E-state index contributed by atoms with van der Waals surface area (Å²) in [5.41, 5.74) is 1.34. The van der Waals surface area contributed by atoms with Gasteiger partial charge in [0.25, 0.3) is 0 Å². The highest BCUT2D eigenvalue weighted by atomic mass is 19.4. The van der Waals surface area contributed by atoms with Gasteiger partial charge in [-0.05, 0) is 61.4 Å². The van der Waals surface area contributed by atoms with E-state index in [0.29, 0.717) is 41.7 Å². The molecular formula is C23H22F3N5O3. The third kappa shape index (κ3) is 5.93. The maximum Gasteiger partial charge on any atom is 0.573 e. The minimum Gasteiger partial charge on any atom is -0.508 e. The fraction of sp³-hybridized carbons (Fsp3) is 0.261. The van der Waals surface area contributed by atoms with E-state index >= 15 is 0 Å². The normalized spacial score (nSPS) is 14.4. The predicted molar refractivity (Wildman–Crippen MR) is 120 cm³/mol. The Hall–Kier alpha value is -3.86. The third-order valence-corrected chi connectivity index (χ3v) is 5.17. The SMILES string of the molecule is N=C(c1ccc(OC(F)(F)F)cc1)c1c(Nc2ccc(O)cc2)ncnc1NC1CCOCC1. The second kappa shape index (κ2) is 9.96. The molecule has 11 heteroatoms. The molecule has 2 aromatic carbocycles. The number of phenolic OH excluding ortho intramolecular Hbond substituents is 1. The van der Waals surface area contributed by atoms with E-state index in [9.17, 15) is 18.3 Å². The summed E-state index contributed by atoms with van der Waals surface area (Å²) in [6, 6.07) is 11.5. The van der Waals surface area contributed by atoms with Crippen LogP contribution < -0.4 is 15.4 Å². The number of benzene rings is 2. The highest BCUT2D eigenvalue weighted by Gasteiger charge is 2.31. The molecule has 0 bridgehead atoms. The molecule has 0 unspecified atom stereocenters. The Morgan fingerprint density at radius 1 is 1.00 bits per heavy atom. The largest absolute Gasteiger partial charge is 0.573 e. The van der Waals surface area contributed by atoms with Gasteiger partial charge < -0.3 is 25.2 Å². The number of hydrogen-bond donors (Lipinski definition) is 4. The van der Waals surface area contributed by atoms with E-state index in [4.69, 9.17) is 10.1 Å². The van der Waals surface area contributed by atoms with Gasteiger partial charge in [0.2, 0.25) is 0 Å². The number of phenols is 1. The number of anilines is 3. The van der Waals surface area contributed by atoms with Crippen LogP contribution in [0.3, 0.4) is 0 Å². The molecule has 2 heterocycles. The zero-order valence-electron chi connectivity index (χ0n) is 17.9. The number of nitrogens with zero attached hydrogens (tertiary/aromatic N) is 2. The van der Waals surface area contributed by atoms with E-state index in [1.807, 2.05) is 0 Å². The van der Waals surface area contributed by atoms with Crippen molar-refractivity contribution in [2.75, 3.05) is 23.8 Å². The Balaban J connectivity index is 1.68. The number of alkyl halides is 3. The third-order valence-electron chi connectivity index (χ3n) is 5.17. The first-order valence-electron chi connectivity index (χ1n) is 10.5. The molecule has 4 N–H and O–H groups in total. The molecule has 1 aromatic heterocycles. The second-order valence-corrected chi connectivity index (χ2v) is 7.60. The maximum absolute atomic E-state index is 12.5. The van der Waals surface area contributed by atoms with Crippen molar-refractivity contribution in [2.45, 2.75) is 25.2 Å². The lowest BCUT2D eigenvalue weighted by molar-refractivity contribution is -0.274. The Kier molecular flexibility index (Phi) is 6.82. The van der Waals surface area contributed by atoms with Crippen LogP contribution in [-0.4, -0.2) is 46.4 Å². The smallest absolute Gasteiger partial charge is 0.508 e. The number of halogens is 3. The molecule has 0 atom stereocenters. The van der Waals surface area contributed by atoms with Gasteiger partial charge >= 0.3 is 6.36 Å². The van der Waals surface area contributed by atoms with Crippen molar-refractivity contribution < 1.29 is 27.8 Å². The van der Waals surface area contributed by atoms with Crippen molar-refractivity contribution in [2.24, 2.45) is 0 Å². The summed E-state index contributed by atoms with van der Waals surface area (Å²) >= 11 is 0. The first-order chi connectivity index (χ1) is 16.3.